The number of hydrogen-bond acceptors (Lipinski definition) is 4. The van der Waals surface area contributed by atoms with Gasteiger partial charge in [-0.2, -0.15) is 31.4 Å². The molecule has 0 aliphatic rings. The van der Waals surface area contributed by atoms with Gasteiger partial charge in [0.15, 0.2) is 0 Å². The van der Waals surface area contributed by atoms with E-state index >= 15 is 0 Å². The van der Waals surface area contributed by atoms with E-state index in [1.54, 1.807) is 19.1 Å². The zero-order valence-electron chi connectivity index (χ0n) is 15.4. The van der Waals surface area contributed by atoms with Crippen molar-refractivity contribution in [1.82, 2.24) is 14.8 Å². The van der Waals surface area contributed by atoms with Crippen LogP contribution in [0.1, 0.15) is 25.5 Å². The van der Waals surface area contributed by atoms with E-state index in [0.717, 1.165) is 4.90 Å². The van der Waals surface area contributed by atoms with Crippen LogP contribution < -0.4 is 4.90 Å². The maximum Gasteiger partial charge on any atom is 0.426 e. The van der Waals surface area contributed by atoms with Crippen molar-refractivity contribution < 1.29 is 36.2 Å². The van der Waals surface area contributed by atoms with Gasteiger partial charge in [-0.25, -0.2) is 4.68 Å². The molecule has 0 unspecified atom stereocenters. The Morgan fingerprint density at radius 2 is 1.83 bits per heavy atom. The van der Waals surface area contributed by atoms with E-state index in [-0.39, 0.29) is 24.3 Å². The van der Waals surface area contributed by atoms with E-state index in [2.05, 4.69) is 10.1 Å². The van der Waals surface area contributed by atoms with Gasteiger partial charge in [0.25, 0.3) is 5.60 Å². The molecule has 1 amide bonds. The number of pyridine rings is 1. The van der Waals surface area contributed by atoms with Crippen LogP contribution >= 0.6 is 0 Å². The Balaban J connectivity index is 2.41. The molecule has 0 atom stereocenters. The van der Waals surface area contributed by atoms with Crippen molar-refractivity contribution in [1.29, 1.82) is 0 Å². The van der Waals surface area contributed by atoms with Crippen LogP contribution in [-0.2, 0) is 4.79 Å². The predicted molar refractivity (Wildman–Crippen MR) is 90.4 cm³/mol. The molecule has 0 aliphatic carbocycles. The van der Waals surface area contributed by atoms with Crippen molar-refractivity contribution in [2.24, 2.45) is 0 Å². The van der Waals surface area contributed by atoms with Crippen LogP contribution in [0.4, 0.5) is 32.0 Å². The standard InChI is InChI=1S/C17H18F6N4O2/c1-3-7-26(14(28)8-15(29,16(18,19)20)17(21,22)23)13-10-27(25-11(13)2)12-5-4-6-24-9-12/h4-6,9-10,29H,3,7-8H2,1-2H3. The highest BCUT2D eigenvalue weighted by Crippen LogP contribution is 2.45. The fourth-order valence-electron chi connectivity index (χ4n) is 2.62. The fourth-order valence-corrected chi connectivity index (χ4v) is 2.62. The number of aliphatic hydroxyl groups is 1. The average Bonchev–Trinajstić information content (AvgIpc) is 2.99. The van der Waals surface area contributed by atoms with Crippen LogP contribution in [0.3, 0.4) is 0 Å². The van der Waals surface area contributed by atoms with Crippen molar-refractivity contribution in [3.05, 3.63) is 36.4 Å². The molecule has 6 nitrogen and oxygen atoms in total. The summed E-state index contributed by atoms with van der Waals surface area (Å²) in [7, 11) is 0. The number of alkyl halides is 6. The molecule has 12 heteroatoms. The van der Waals surface area contributed by atoms with Crippen molar-refractivity contribution in [2.75, 3.05) is 11.4 Å². The molecular formula is C17H18F6N4O2. The minimum absolute atomic E-state index is 0.0346. The van der Waals surface area contributed by atoms with Gasteiger partial charge in [0, 0.05) is 12.7 Å². The van der Waals surface area contributed by atoms with Gasteiger partial charge in [-0.3, -0.25) is 9.78 Å². The third-order valence-corrected chi connectivity index (χ3v) is 4.17. The lowest BCUT2D eigenvalue weighted by atomic mass is 9.97. The summed E-state index contributed by atoms with van der Waals surface area (Å²) in [6.07, 6.45) is -9.85. The zero-order valence-corrected chi connectivity index (χ0v) is 15.4. The monoisotopic (exact) mass is 424 g/mol. The highest BCUT2D eigenvalue weighted by atomic mass is 19.4. The number of rotatable bonds is 6. The number of anilines is 1. The van der Waals surface area contributed by atoms with Gasteiger partial charge in [-0.15, -0.1) is 0 Å². The van der Waals surface area contributed by atoms with Gasteiger partial charge in [0.2, 0.25) is 5.91 Å². The molecule has 2 rings (SSSR count). The van der Waals surface area contributed by atoms with Gasteiger partial charge in [-0.1, -0.05) is 6.92 Å². The van der Waals surface area contributed by atoms with E-state index < -0.39 is 30.3 Å². The lowest BCUT2D eigenvalue weighted by Crippen LogP contribution is -2.59. The molecule has 2 aromatic rings. The molecule has 160 valence electrons. The Bertz CT molecular complexity index is 834. The maximum atomic E-state index is 13.0. The smallest absolute Gasteiger partial charge is 0.373 e. The SMILES string of the molecule is CCCN(C(=O)CC(O)(C(F)(F)F)C(F)(F)F)c1cn(-c2cccnc2)nc1C. The largest absolute Gasteiger partial charge is 0.426 e. The Labute approximate surface area is 161 Å². The summed E-state index contributed by atoms with van der Waals surface area (Å²) in [6.45, 7) is 2.89. The third-order valence-electron chi connectivity index (χ3n) is 4.17. The molecule has 0 aromatic carbocycles. The highest BCUT2D eigenvalue weighted by molar-refractivity contribution is 5.94. The van der Waals surface area contributed by atoms with Crippen LogP contribution in [0.5, 0.6) is 0 Å². The number of hydrogen-bond donors (Lipinski definition) is 1. The summed E-state index contributed by atoms with van der Waals surface area (Å²) in [6, 6.07) is 3.23. The predicted octanol–water partition coefficient (Wildman–Crippen LogP) is 3.56. The molecule has 2 heterocycles. The number of aromatic nitrogens is 3. The van der Waals surface area contributed by atoms with E-state index in [9.17, 15) is 36.2 Å². The van der Waals surface area contributed by atoms with Crippen LogP contribution in [0.2, 0.25) is 0 Å². The molecule has 2 aromatic heterocycles. The topological polar surface area (TPSA) is 71.2 Å². The Morgan fingerprint density at radius 1 is 1.21 bits per heavy atom. The van der Waals surface area contributed by atoms with Crippen LogP contribution in [0.25, 0.3) is 5.69 Å². The second-order valence-corrected chi connectivity index (χ2v) is 6.33. The van der Waals surface area contributed by atoms with Crippen LogP contribution in [0.15, 0.2) is 30.7 Å². The molecule has 29 heavy (non-hydrogen) atoms. The Morgan fingerprint density at radius 3 is 2.31 bits per heavy atom. The molecule has 0 aliphatic heterocycles. The number of nitrogens with zero attached hydrogens (tertiary/aromatic N) is 4. The molecule has 0 radical (unpaired) electrons. The lowest BCUT2D eigenvalue weighted by Gasteiger charge is -2.33. The van der Waals surface area contributed by atoms with Crippen LogP contribution in [-0.4, -0.2) is 50.3 Å². The first kappa shape index (κ1) is 22.7. The maximum absolute atomic E-state index is 13.0. The van der Waals surface area contributed by atoms with E-state index in [0.29, 0.717) is 5.69 Å². The van der Waals surface area contributed by atoms with Crippen molar-refractivity contribution in [3.63, 3.8) is 0 Å². The first-order valence-corrected chi connectivity index (χ1v) is 8.44. The molecule has 1 N–H and O–H groups in total. The van der Waals surface area contributed by atoms with Crippen LogP contribution in [0, 0.1) is 6.92 Å². The second-order valence-electron chi connectivity index (χ2n) is 6.33. The normalized spacial score (nSPS) is 12.9. The van der Waals surface area contributed by atoms with E-state index in [1.165, 1.54) is 30.2 Å². The number of carbonyl (C=O) groups excluding carboxylic acids is 1. The number of halogens is 6. The molecule has 0 bridgehead atoms. The number of aryl methyl sites for hydroxylation is 1. The van der Waals surface area contributed by atoms with Crippen molar-refractivity contribution in [2.45, 2.75) is 44.6 Å². The first-order valence-electron chi connectivity index (χ1n) is 8.44. The van der Waals surface area contributed by atoms with E-state index in [4.69, 9.17) is 0 Å². The van der Waals surface area contributed by atoms with Gasteiger partial charge in [-0.05, 0) is 25.5 Å². The second kappa shape index (κ2) is 8.01. The zero-order chi connectivity index (χ0) is 22.0. The molecular weight excluding hydrogens is 406 g/mol. The molecule has 0 spiro atoms. The third kappa shape index (κ3) is 4.52. The number of carbonyl (C=O) groups is 1. The minimum Gasteiger partial charge on any atom is -0.373 e. The summed E-state index contributed by atoms with van der Waals surface area (Å²) in [5.41, 5.74) is -4.44. The van der Waals surface area contributed by atoms with Gasteiger partial charge in [0.05, 0.1) is 35.9 Å². The highest BCUT2D eigenvalue weighted by Gasteiger charge is 2.71. The minimum atomic E-state index is -6.08. The summed E-state index contributed by atoms with van der Waals surface area (Å²) in [5.74, 6) is -1.53. The van der Waals surface area contributed by atoms with Gasteiger partial charge in [0.1, 0.15) is 0 Å². The molecule has 0 fully saturated rings. The quantitative estimate of drug-likeness (QED) is 0.720. The van der Waals surface area contributed by atoms with Gasteiger partial charge >= 0.3 is 12.4 Å². The Kier molecular flexibility index (Phi) is 6.26. The lowest BCUT2D eigenvalue weighted by molar-refractivity contribution is -0.366. The summed E-state index contributed by atoms with van der Waals surface area (Å²) < 4.78 is 79.0. The van der Waals surface area contributed by atoms with Gasteiger partial charge < -0.3 is 10.0 Å². The number of amides is 1. The first-order chi connectivity index (χ1) is 13.3. The summed E-state index contributed by atoms with van der Waals surface area (Å²) >= 11 is 0. The van der Waals surface area contributed by atoms with E-state index in [1.807, 2.05) is 0 Å². The van der Waals surface area contributed by atoms with Crippen molar-refractivity contribution >= 4 is 11.6 Å². The molecule has 0 saturated carbocycles. The molecule has 0 saturated heterocycles. The average molecular weight is 424 g/mol. The summed E-state index contributed by atoms with van der Waals surface area (Å²) in [5, 5.41) is 13.5. The Hall–Kier alpha value is -2.63. The summed E-state index contributed by atoms with van der Waals surface area (Å²) in [4.78, 5) is 17.1. The fraction of sp³-hybridized carbons (Fsp3) is 0.471. The van der Waals surface area contributed by atoms with Crippen molar-refractivity contribution in [3.8, 4) is 5.69 Å².